The van der Waals surface area contributed by atoms with Gasteiger partial charge >= 0.3 is 0 Å². The maximum atomic E-state index is 9.99. The number of fused-ring (bicyclic) bond motifs is 4. The van der Waals surface area contributed by atoms with E-state index in [2.05, 4.69) is 82.6 Å². The molecule has 5 nitrogen and oxygen atoms in total. The van der Waals surface area contributed by atoms with Crippen molar-refractivity contribution in [2.45, 2.75) is 38.0 Å². The minimum absolute atomic E-state index is 0.101. The lowest BCUT2D eigenvalue weighted by Gasteiger charge is -2.45. The topological polar surface area (TPSA) is 77.8 Å². The predicted molar refractivity (Wildman–Crippen MR) is 180 cm³/mol. The fraction of sp³-hybridized carbons (Fsp3) is 0.154. The van der Waals surface area contributed by atoms with Gasteiger partial charge in [-0.2, -0.15) is 15.8 Å². The third kappa shape index (κ3) is 4.29. The van der Waals surface area contributed by atoms with Crippen molar-refractivity contribution in [2.75, 3.05) is 9.80 Å². The predicted octanol–water partition coefficient (Wildman–Crippen LogP) is 7.43. The third-order valence-electron chi connectivity index (χ3n) is 9.68. The first-order chi connectivity index (χ1) is 22.2. The molecule has 0 radical (unpaired) electrons. The van der Waals surface area contributed by atoms with E-state index in [-0.39, 0.29) is 6.71 Å². The van der Waals surface area contributed by atoms with E-state index in [1.807, 2.05) is 48.5 Å². The highest BCUT2D eigenvalue weighted by atomic mass is 15.2. The van der Waals surface area contributed by atoms with E-state index in [0.717, 1.165) is 57.9 Å². The largest absolute Gasteiger partial charge is 0.311 e. The molecule has 212 valence electrons. The second-order valence-electron chi connectivity index (χ2n) is 12.2. The van der Waals surface area contributed by atoms with Gasteiger partial charge in [-0.05, 0) is 107 Å². The van der Waals surface area contributed by atoms with Gasteiger partial charge in [-0.15, -0.1) is 0 Å². The van der Waals surface area contributed by atoms with Crippen molar-refractivity contribution in [3.8, 4) is 18.2 Å². The van der Waals surface area contributed by atoms with Crippen LogP contribution in [0.15, 0.2) is 103 Å². The van der Waals surface area contributed by atoms with Crippen molar-refractivity contribution in [3.63, 3.8) is 0 Å². The zero-order valence-electron chi connectivity index (χ0n) is 24.7. The summed E-state index contributed by atoms with van der Waals surface area (Å²) < 4.78 is 0. The number of hydrogen-bond acceptors (Lipinski definition) is 5. The van der Waals surface area contributed by atoms with Gasteiger partial charge in [0.05, 0.1) is 34.9 Å². The van der Waals surface area contributed by atoms with Crippen LogP contribution in [0, 0.1) is 34.0 Å². The third-order valence-corrected chi connectivity index (χ3v) is 9.68. The van der Waals surface area contributed by atoms with Crippen LogP contribution in [-0.2, 0) is 0 Å². The first kappa shape index (κ1) is 26.8. The Morgan fingerprint density at radius 1 is 0.533 bits per heavy atom. The molecule has 8 rings (SSSR count). The molecule has 45 heavy (non-hydrogen) atoms. The lowest BCUT2D eigenvalue weighted by molar-refractivity contribution is 0.444. The van der Waals surface area contributed by atoms with Crippen LogP contribution in [0.25, 0.3) is 0 Å². The summed E-state index contributed by atoms with van der Waals surface area (Å²) in [6.07, 6.45) is 6.02. The molecule has 0 bridgehead atoms. The molecule has 3 aliphatic rings. The monoisotopic (exact) mass is 577 g/mol. The van der Waals surface area contributed by atoms with Crippen LogP contribution in [0.5, 0.6) is 0 Å². The fourth-order valence-electron chi connectivity index (χ4n) is 7.67. The molecule has 0 aromatic heterocycles. The van der Waals surface area contributed by atoms with Crippen LogP contribution in [0.3, 0.4) is 0 Å². The quantitative estimate of drug-likeness (QED) is 0.204. The Hall–Kier alpha value is -5.77. The smallest absolute Gasteiger partial charge is 0.252 e. The van der Waals surface area contributed by atoms with Gasteiger partial charge in [-0.25, -0.2) is 0 Å². The number of rotatable bonds is 3. The van der Waals surface area contributed by atoms with Crippen molar-refractivity contribution >= 4 is 57.2 Å². The molecule has 0 unspecified atom stereocenters. The van der Waals surface area contributed by atoms with Crippen molar-refractivity contribution in [1.82, 2.24) is 0 Å². The Morgan fingerprint density at radius 3 is 1.69 bits per heavy atom. The summed E-state index contributed by atoms with van der Waals surface area (Å²) in [5, 5.41) is 29.8. The molecule has 0 spiro atoms. The van der Waals surface area contributed by atoms with Crippen LogP contribution in [-0.4, -0.2) is 6.71 Å². The van der Waals surface area contributed by atoms with Crippen molar-refractivity contribution in [2.24, 2.45) is 0 Å². The number of para-hydroxylation sites is 1. The lowest BCUT2D eigenvalue weighted by atomic mass is 9.33. The van der Waals surface area contributed by atoms with Gasteiger partial charge in [-0.3, -0.25) is 0 Å². The highest BCUT2D eigenvalue weighted by molar-refractivity contribution is 7.00. The van der Waals surface area contributed by atoms with Gasteiger partial charge in [0.2, 0.25) is 0 Å². The Labute approximate surface area is 263 Å². The number of nitriles is 3. The summed E-state index contributed by atoms with van der Waals surface area (Å²) >= 11 is 0. The van der Waals surface area contributed by atoms with Crippen LogP contribution < -0.4 is 26.2 Å². The van der Waals surface area contributed by atoms with Crippen LogP contribution in [0.2, 0.25) is 0 Å². The second-order valence-corrected chi connectivity index (χ2v) is 12.2. The van der Waals surface area contributed by atoms with E-state index in [1.165, 1.54) is 30.3 Å². The van der Waals surface area contributed by atoms with Crippen LogP contribution in [0.1, 0.15) is 60.3 Å². The van der Waals surface area contributed by atoms with E-state index in [4.69, 9.17) is 0 Å². The molecule has 2 aliphatic heterocycles. The van der Waals surface area contributed by atoms with Crippen molar-refractivity contribution < 1.29 is 0 Å². The second kappa shape index (κ2) is 10.7. The van der Waals surface area contributed by atoms with Gasteiger partial charge in [0.1, 0.15) is 0 Å². The molecule has 5 aromatic carbocycles. The van der Waals surface area contributed by atoms with E-state index < -0.39 is 0 Å². The molecular formula is C39H28BN5. The minimum Gasteiger partial charge on any atom is -0.311 e. The molecular weight excluding hydrogens is 549 g/mol. The zero-order chi connectivity index (χ0) is 30.5. The van der Waals surface area contributed by atoms with E-state index >= 15 is 0 Å². The summed E-state index contributed by atoms with van der Waals surface area (Å²) in [4.78, 5) is 4.59. The van der Waals surface area contributed by atoms with Crippen molar-refractivity contribution in [3.05, 3.63) is 125 Å². The van der Waals surface area contributed by atoms with E-state index in [0.29, 0.717) is 22.6 Å². The first-order valence-electron chi connectivity index (χ1n) is 15.6. The van der Waals surface area contributed by atoms with Gasteiger partial charge in [-0.1, -0.05) is 55.7 Å². The Morgan fingerprint density at radius 2 is 1.09 bits per heavy atom. The highest BCUT2D eigenvalue weighted by Gasteiger charge is 2.44. The SMILES string of the molecule is N#Cc1cccc(N2c3cc(C#N)ccc3B3c4ccc(C#N)cc4N(c4ccccc4)c4cc(C5CCCCC5)cc2c43)c1. The zero-order valence-corrected chi connectivity index (χ0v) is 24.7. The van der Waals surface area contributed by atoms with Gasteiger partial charge in [0, 0.05) is 34.1 Å². The number of benzene rings is 5. The lowest BCUT2D eigenvalue weighted by Crippen LogP contribution is -2.61. The molecule has 2 heterocycles. The maximum absolute atomic E-state index is 9.99. The molecule has 0 amide bonds. The van der Waals surface area contributed by atoms with Crippen molar-refractivity contribution in [1.29, 1.82) is 15.8 Å². The van der Waals surface area contributed by atoms with Gasteiger partial charge < -0.3 is 9.80 Å². The molecule has 1 saturated carbocycles. The highest BCUT2D eigenvalue weighted by Crippen LogP contribution is 2.47. The fourth-order valence-corrected chi connectivity index (χ4v) is 7.67. The Bertz CT molecular complexity index is 2110. The van der Waals surface area contributed by atoms with Gasteiger partial charge in [0.25, 0.3) is 6.71 Å². The maximum Gasteiger partial charge on any atom is 0.252 e. The normalized spacial score (nSPS) is 14.8. The van der Waals surface area contributed by atoms with Crippen LogP contribution in [0.4, 0.5) is 34.1 Å². The summed E-state index contributed by atoms with van der Waals surface area (Å²) in [6, 6.07) is 42.0. The summed E-state index contributed by atoms with van der Waals surface area (Å²) in [6.45, 7) is -0.101. The molecule has 0 saturated heterocycles. The minimum atomic E-state index is -0.101. The summed E-state index contributed by atoms with van der Waals surface area (Å²) in [7, 11) is 0. The molecule has 6 heteroatoms. The van der Waals surface area contributed by atoms with Gasteiger partial charge in [0.15, 0.2) is 0 Å². The van der Waals surface area contributed by atoms with Crippen LogP contribution >= 0.6 is 0 Å². The number of anilines is 6. The molecule has 0 N–H and O–H groups in total. The molecule has 0 atom stereocenters. The average molecular weight is 578 g/mol. The molecule has 1 fully saturated rings. The first-order valence-corrected chi connectivity index (χ1v) is 15.6. The standard InChI is InChI=1S/C39H28BN5/c41-23-26-8-7-13-32(18-26)45-36-20-28(25-43)15-17-34(36)40-33-16-14-27(24-42)19-35(33)44(31-11-5-2-6-12-31)37-21-30(22-38(45)39(37)40)29-9-3-1-4-10-29/h2,5-8,11-22,29H,1,3-4,9-10H2. The summed E-state index contributed by atoms with van der Waals surface area (Å²) in [5.41, 5.74) is 12.6. The molecule has 1 aliphatic carbocycles. The van der Waals surface area contributed by atoms with E-state index in [9.17, 15) is 15.8 Å². The average Bonchev–Trinajstić information content (AvgIpc) is 3.11. The Kier molecular flexibility index (Phi) is 6.41. The number of hydrogen-bond donors (Lipinski definition) is 0. The van der Waals surface area contributed by atoms with E-state index in [1.54, 1.807) is 0 Å². The Balaban J connectivity index is 1.50. The summed E-state index contributed by atoms with van der Waals surface area (Å²) in [5.74, 6) is 0.447. The number of nitrogens with zero attached hydrogens (tertiary/aromatic N) is 5. The molecule has 5 aromatic rings.